The van der Waals surface area contributed by atoms with Crippen molar-refractivity contribution < 1.29 is 9.13 Å². The summed E-state index contributed by atoms with van der Waals surface area (Å²) in [5.74, 6) is 0.473. The van der Waals surface area contributed by atoms with Gasteiger partial charge in [-0.2, -0.15) is 0 Å². The molecule has 0 spiro atoms. The van der Waals surface area contributed by atoms with E-state index in [1.807, 2.05) is 24.3 Å². The lowest BCUT2D eigenvalue weighted by molar-refractivity contribution is 0.408. The fourth-order valence-electron chi connectivity index (χ4n) is 2.18. The number of ether oxygens (including phenoxy) is 1. The van der Waals surface area contributed by atoms with Crippen LogP contribution < -0.4 is 10.5 Å². The molecule has 1 unspecified atom stereocenters. The number of para-hydroxylation sites is 1. The van der Waals surface area contributed by atoms with Gasteiger partial charge in [-0.25, -0.2) is 4.39 Å². The zero-order chi connectivity index (χ0) is 14.7. The first-order valence-electron chi connectivity index (χ1n) is 6.36. The highest BCUT2D eigenvalue weighted by Crippen LogP contribution is 2.29. The van der Waals surface area contributed by atoms with E-state index in [2.05, 4.69) is 0 Å². The fourth-order valence-corrected chi connectivity index (χ4v) is 2.47. The molecule has 106 valence electrons. The van der Waals surface area contributed by atoms with Crippen LogP contribution in [-0.2, 0) is 6.42 Å². The Kier molecular flexibility index (Phi) is 4.63. The smallest absolute Gasteiger partial charge is 0.127 e. The summed E-state index contributed by atoms with van der Waals surface area (Å²) in [5, 5.41) is 0.357. The van der Waals surface area contributed by atoms with E-state index in [1.54, 1.807) is 20.1 Å². The minimum absolute atomic E-state index is 0.307. The van der Waals surface area contributed by atoms with Crippen LogP contribution in [0.4, 0.5) is 4.39 Å². The predicted molar refractivity (Wildman–Crippen MR) is 79.8 cm³/mol. The van der Waals surface area contributed by atoms with E-state index in [1.165, 1.54) is 6.07 Å². The number of hydrogen-bond donors (Lipinski definition) is 1. The lowest BCUT2D eigenvalue weighted by Gasteiger charge is -2.16. The molecule has 2 aromatic carbocycles. The summed E-state index contributed by atoms with van der Waals surface area (Å²) in [6, 6.07) is 10.4. The van der Waals surface area contributed by atoms with Gasteiger partial charge in [0.15, 0.2) is 0 Å². The molecule has 1 atom stereocenters. The first kappa shape index (κ1) is 14.8. The van der Waals surface area contributed by atoms with E-state index in [9.17, 15) is 4.39 Å². The van der Waals surface area contributed by atoms with Gasteiger partial charge in [-0.1, -0.05) is 35.9 Å². The molecule has 4 heteroatoms. The Morgan fingerprint density at radius 3 is 2.70 bits per heavy atom. The van der Waals surface area contributed by atoms with Crippen LogP contribution in [-0.4, -0.2) is 7.11 Å². The lowest BCUT2D eigenvalue weighted by Crippen LogP contribution is -2.15. The standard InChI is InChI=1S/C16H17ClFNO/c1-10-7-12(13(17)9-14(10)18)15(19)8-11-5-3-4-6-16(11)20-2/h3-7,9,15H,8,19H2,1-2H3. The second kappa shape index (κ2) is 6.25. The molecule has 0 radical (unpaired) electrons. The second-order valence-electron chi connectivity index (χ2n) is 4.75. The van der Waals surface area contributed by atoms with Gasteiger partial charge in [0, 0.05) is 11.1 Å². The summed E-state index contributed by atoms with van der Waals surface area (Å²) >= 11 is 6.09. The first-order chi connectivity index (χ1) is 9.52. The van der Waals surface area contributed by atoms with Gasteiger partial charge in [-0.3, -0.25) is 0 Å². The zero-order valence-corrected chi connectivity index (χ0v) is 12.2. The molecule has 0 heterocycles. The van der Waals surface area contributed by atoms with E-state index >= 15 is 0 Å². The summed E-state index contributed by atoms with van der Waals surface area (Å²) in [6.07, 6.45) is 0.578. The molecule has 0 saturated heterocycles. The minimum atomic E-state index is -0.316. The summed E-state index contributed by atoms with van der Waals surface area (Å²) in [7, 11) is 1.62. The van der Waals surface area contributed by atoms with Crippen LogP contribution in [0.5, 0.6) is 5.75 Å². The molecule has 0 fully saturated rings. The van der Waals surface area contributed by atoms with Gasteiger partial charge in [0.05, 0.1) is 7.11 Å². The molecule has 0 aliphatic heterocycles. The molecule has 0 amide bonds. The minimum Gasteiger partial charge on any atom is -0.496 e. The molecule has 0 aromatic heterocycles. The van der Waals surface area contributed by atoms with Crippen LogP contribution in [0.2, 0.25) is 5.02 Å². The Morgan fingerprint density at radius 1 is 1.30 bits per heavy atom. The van der Waals surface area contributed by atoms with Gasteiger partial charge in [-0.05, 0) is 42.2 Å². The molecular weight excluding hydrogens is 277 g/mol. The van der Waals surface area contributed by atoms with Crippen LogP contribution in [0.3, 0.4) is 0 Å². The van der Waals surface area contributed by atoms with Gasteiger partial charge in [0.25, 0.3) is 0 Å². The average molecular weight is 294 g/mol. The van der Waals surface area contributed by atoms with Gasteiger partial charge < -0.3 is 10.5 Å². The number of nitrogens with two attached hydrogens (primary N) is 1. The monoisotopic (exact) mass is 293 g/mol. The van der Waals surface area contributed by atoms with Gasteiger partial charge >= 0.3 is 0 Å². The first-order valence-corrected chi connectivity index (χ1v) is 6.73. The average Bonchev–Trinajstić information content (AvgIpc) is 2.43. The SMILES string of the molecule is COc1ccccc1CC(N)c1cc(C)c(F)cc1Cl. The van der Waals surface area contributed by atoms with E-state index in [4.69, 9.17) is 22.1 Å². The third-order valence-corrected chi connectivity index (χ3v) is 3.64. The Bertz CT molecular complexity index is 615. The maximum atomic E-state index is 13.4. The molecule has 0 bridgehead atoms. The normalized spacial score (nSPS) is 12.2. The van der Waals surface area contributed by atoms with Crippen molar-refractivity contribution in [3.05, 3.63) is 63.9 Å². The van der Waals surface area contributed by atoms with Crippen molar-refractivity contribution in [2.75, 3.05) is 7.11 Å². The number of rotatable bonds is 4. The quantitative estimate of drug-likeness (QED) is 0.923. The Morgan fingerprint density at radius 2 is 2.00 bits per heavy atom. The summed E-state index contributed by atoms with van der Waals surface area (Å²) in [6.45, 7) is 1.70. The second-order valence-corrected chi connectivity index (χ2v) is 5.15. The Hall–Kier alpha value is -1.58. The van der Waals surface area contributed by atoms with Gasteiger partial charge in [0.2, 0.25) is 0 Å². The topological polar surface area (TPSA) is 35.2 Å². The molecule has 0 saturated carbocycles. The van der Waals surface area contributed by atoms with E-state index in [0.29, 0.717) is 17.0 Å². The van der Waals surface area contributed by atoms with Crippen molar-refractivity contribution in [3.8, 4) is 5.75 Å². The number of aryl methyl sites for hydroxylation is 1. The highest BCUT2D eigenvalue weighted by Gasteiger charge is 2.15. The fraction of sp³-hybridized carbons (Fsp3) is 0.250. The van der Waals surface area contributed by atoms with E-state index in [-0.39, 0.29) is 11.9 Å². The Balaban J connectivity index is 2.28. The molecule has 0 aliphatic rings. The summed E-state index contributed by atoms with van der Waals surface area (Å²) in [5.41, 5.74) is 8.50. The largest absolute Gasteiger partial charge is 0.496 e. The Labute approximate surface area is 123 Å². The van der Waals surface area contributed by atoms with Crippen molar-refractivity contribution in [1.82, 2.24) is 0 Å². The molecule has 2 rings (SSSR count). The van der Waals surface area contributed by atoms with Crippen LogP contribution in [0.1, 0.15) is 22.7 Å². The number of methoxy groups -OCH3 is 1. The van der Waals surface area contributed by atoms with Crippen LogP contribution in [0.15, 0.2) is 36.4 Å². The molecule has 0 aliphatic carbocycles. The zero-order valence-electron chi connectivity index (χ0n) is 11.5. The van der Waals surface area contributed by atoms with Gasteiger partial charge in [0.1, 0.15) is 11.6 Å². The highest BCUT2D eigenvalue weighted by molar-refractivity contribution is 6.31. The van der Waals surface area contributed by atoms with Crippen molar-refractivity contribution >= 4 is 11.6 Å². The van der Waals surface area contributed by atoms with Crippen molar-refractivity contribution in [2.45, 2.75) is 19.4 Å². The molecule has 20 heavy (non-hydrogen) atoms. The van der Waals surface area contributed by atoms with Crippen molar-refractivity contribution in [2.24, 2.45) is 5.73 Å². The summed E-state index contributed by atoms with van der Waals surface area (Å²) in [4.78, 5) is 0. The number of benzene rings is 2. The number of halogens is 2. The third kappa shape index (κ3) is 3.11. The molecule has 2 nitrogen and oxygen atoms in total. The highest BCUT2D eigenvalue weighted by atomic mass is 35.5. The number of hydrogen-bond acceptors (Lipinski definition) is 2. The maximum Gasteiger partial charge on any atom is 0.127 e. The summed E-state index contributed by atoms with van der Waals surface area (Å²) < 4.78 is 18.7. The van der Waals surface area contributed by atoms with Crippen LogP contribution in [0, 0.1) is 12.7 Å². The molecule has 2 aromatic rings. The predicted octanol–water partition coefficient (Wildman–Crippen LogP) is 4.04. The van der Waals surface area contributed by atoms with Crippen molar-refractivity contribution in [1.29, 1.82) is 0 Å². The van der Waals surface area contributed by atoms with Gasteiger partial charge in [-0.15, -0.1) is 0 Å². The third-order valence-electron chi connectivity index (χ3n) is 3.31. The van der Waals surface area contributed by atoms with Crippen LogP contribution in [0.25, 0.3) is 0 Å². The molecular formula is C16H17ClFNO. The van der Waals surface area contributed by atoms with E-state index in [0.717, 1.165) is 16.9 Å². The lowest BCUT2D eigenvalue weighted by atomic mass is 9.97. The van der Waals surface area contributed by atoms with Crippen LogP contribution >= 0.6 is 11.6 Å². The van der Waals surface area contributed by atoms with E-state index < -0.39 is 0 Å². The van der Waals surface area contributed by atoms with Crippen molar-refractivity contribution in [3.63, 3.8) is 0 Å². The molecule has 2 N–H and O–H groups in total. The maximum absolute atomic E-state index is 13.4.